The largest absolute Gasteiger partial charge is 0.548 e. The van der Waals surface area contributed by atoms with Crippen LogP contribution in [0.5, 0.6) is 5.75 Å². The van der Waals surface area contributed by atoms with Gasteiger partial charge in [-0.2, -0.15) is 0 Å². The number of carboxylic acid groups (broad SMARTS) is 1. The van der Waals surface area contributed by atoms with Gasteiger partial charge in [-0.05, 0) is 37.5 Å². The summed E-state index contributed by atoms with van der Waals surface area (Å²) in [6, 6.07) is 3.86. The van der Waals surface area contributed by atoms with E-state index in [2.05, 4.69) is 5.32 Å². The smallest absolute Gasteiger partial charge is 0.339 e. The fourth-order valence-corrected chi connectivity index (χ4v) is 2.55. The van der Waals surface area contributed by atoms with Crippen LogP contribution in [0, 0.1) is 19.8 Å². The zero-order chi connectivity index (χ0) is 19.4. The molecule has 0 unspecified atom stereocenters. The lowest BCUT2D eigenvalue weighted by Crippen LogP contribution is -2.52. The molecule has 0 spiro atoms. The summed E-state index contributed by atoms with van der Waals surface area (Å²) in [7, 11) is 0. The van der Waals surface area contributed by atoms with E-state index >= 15 is 0 Å². The number of carbonyl (C=O) groups excluding carboxylic acids is 2. The van der Waals surface area contributed by atoms with E-state index in [-0.39, 0.29) is 12.5 Å². The Labute approximate surface area is 151 Å². The van der Waals surface area contributed by atoms with Gasteiger partial charge < -0.3 is 24.4 Å². The highest BCUT2D eigenvalue weighted by Crippen LogP contribution is 2.23. The highest BCUT2D eigenvalue weighted by atomic mass is 16.5. The topological polar surface area (TPSA) is 109 Å². The molecule has 7 nitrogen and oxygen atoms in total. The van der Waals surface area contributed by atoms with Gasteiger partial charge >= 0.3 is 5.63 Å². The lowest BCUT2D eigenvalue weighted by atomic mass is 9.99. The summed E-state index contributed by atoms with van der Waals surface area (Å²) in [6.07, 6.45) is 0.586. The first kappa shape index (κ1) is 19.5. The van der Waals surface area contributed by atoms with Gasteiger partial charge in [-0.3, -0.25) is 4.79 Å². The summed E-state index contributed by atoms with van der Waals surface area (Å²) in [5.74, 6) is -1.81. The number of nitrogens with one attached hydrogen (secondary N) is 1. The Morgan fingerprint density at radius 1 is 1.27 bits per heavy atom. The van der Waals surface area contributed by atoms with Gasteiger partial charge in [0.25, 0.3) is 5.91 Å². The maximum absolute atomic E-state index is 12.0. The van der Waals surface area contributed by atoms with Crippen molar-refractivity contribution in [2.75, 3.05) is 6.61 Å². The van der Waals surface area contributed by atoms with Gasteiger partial charge in [0.15, 0.2) is 6.61 Å². The van der Waals surface area contributed by atoms with Gasteiger partial charge in [-0.15, -0.1) is 0 Å². The van der Waals surface area contributed by atoms with Crippen molar-refractivity contribution in [2.45, 2.75) is 40.2 Å². The summed E-state index contributed by atoms with van der Waals surface area (Å²) in [5.41, 5.74) is 1.31. The molecule has 1 aromatic carbocycles. The van der Waals surface area contributed by atoms with Crippen LogP contribution in [0.25, 0.3) is 11.0 Å². The first-order valence-corrected chi connectivity index (χ1v) is 8.41. The summed E-state index contributed by atoms with van der Waals surface area (Å²) < 4.78 is 10.6. The number of hydrogen-bond donors (Lipinski definition) is 1. The summed E-state index contributed by atoms with van der Waals surface area (Å²) in [5, 5.41) is 14.3. The third kappa shape index (κ3) is 4.22. The number of amides is 1. The first-order valence-electron chi connectivity index (χ1n) is 8.41. The summed E-state index contributed by atoms with van der Waals surface area (Å²) >= 11 is 0. The van der Waals surface area contributed by atoms with E-state index in [0.29, 0.717) is 23.3 Å². The number of rotatable bonds is 7. The molecule has 26 heavy (non-hydrogen) atoms. The number of hydrogen-bond acceptors (Lipinski definition) is 6. The number of benzene rings is 1. The van der Waals surface area contributed by atoms with E-state index in [1.165, 1.54) is 6.07 Å². The molecule has 1 amide bonds. The van der Waals surface area contributed by atoms with Crippen LogP contribution in [0.15, 0.2) is 27.4 Å². The lowest BCUT2D eigenvalue weighted by molar-refractivity contribution is -0.309. The van der Waals surface area contributed by atoms with E-state index in [1.807, 2.05) is 13.8 Å². The highest BCUT2D eigenvalue weighted by molar-refractivity contribution is 5.84. The Balaban J connectivity index is 2.09. The van der Waals surface area contributed by atoms with Gasteiger partial charge in [0.2, 0.25) is 0 Å². The third-order valence-corrected chi connectivity index (χ3v) is 4.58. The van der Waals surface area contributed by atoms with E-state index in [9.17, 15) is 19.5 Å². The standard InChI is InChI=1S/C19H23NO6/c1-5-10(2)17(18(22)23)20-16(21)9-25-13-6-7-14-11(3)12(4)19(24)26-15(14)8-13/h6-8,10,17H,5,9H2,1-4H3,(H,20,21)(H,22,23)/p-1/t10-,17+/m1/s1. The molecular formula is C19H22NO6-. The second-order valence-electron chi connectivity index (χ2n) is 6.34. The van der Waals surface area contributed by atoms with Crippen molar-refractivity contribution in [1.29, 1.82) is 0 Å². The first-order chi connectivity index (χ1) is 12.2. The molecule has 140 valence electrons. The number of fused-ring (bicyclic) bond motifs is 1. The number of ether oxygens (including phenoxy) is 1. The lowest BCUT2D eigenvalue weighted by Gasteiger charge is -2.25. The predicted octanol–water partition coefficient (Wildman–Crippen LogP) is 1.07. The van der Waals surface area contributed by atoms with E-state index < -0.39 is 23.5 Å². The van der Waals surface area contributed by atoms with Crippen molar-refractivity contribution in [1.82, 2.24) is 5.32 Å². The second kappa shape index (κ2) is 8.03. The molecule has 0 radical (unpaired) electrons. The minimum atomic E-state index is -1.33. The Bertz CT molecular complexity index is 885. The molecule has 1 heterocycles. The Morgan fingerprint density at radius 2 is 1.96 bits per heavy atom. The maximum Gasteiger partial charge on any atom is 0.339 e. The van der Waals surface area contributed by atoms with Gasteiger partial charge in [0, 0.05) is 17.0 Å². The second-order valence-corrected chi connectivity index (χ2v) is 6.34. The molecule has 1 aromatic heterocycles. The Kier molecular flexibility index (Phi) is 6.02. The van der Waals surface area contributed by atoms with E-state index in [1.54, 1.807) is 26.0 Å². The van der Waals surface area contributed by atoms with Crippen molar-refractivity contribution in [3.05, 3.63) is 39.7 Å². The van der Waals surface area contributed by atoms with E-state index in [4.69, 9.17) is 9.15 Å². The van der Waals surface area contributed by atoms with Crippen LogP contribution >= 0.6 is 0 Å². The number of aryl methyl sites for hydroxylation is 1. The van der Waals surface area contributed by atoms with Crippen molar-refractivity contribution in [2.24, 2.45) is 5.92 Å². The fourth-order valence-electron chi connectivity index (χ4n) is 2.55. The van der Waals surface area contributed by atoms with E-state index in [0.717, 1.165) is 10.9 Å². The summed E-state index contributed by atoms with van der Waals surface area (Å²) in [6.45, 7) is 6.71. The third-order valence-electron chi connectivity index (χ3n) is 4.58. The molecule has 7 heteroatoms. The highest BCUT2D eigenvalue weighted by Gasteiger charge is 2.19. The molecule has 0 saturated carbocycles. The van der Waals surface area contributed by atoms with Crippen molar-refractivity contribution >= 4 is 22.8 Å². The summed E-state index contributed by atoms with van der Waals surface area (Å²) in [4.78, 5) is 34.9. The molecule has 0 saturated heterocycles. The van der Waals surface area contributed by atoms with Gasteiger partial charge in [-0.1, -0.05) is 20.3 Å². The molecule has 2 rings (SSSR count). The van der Waals surface area contributed by atoms with Gasteiger partial charge in [0.1, 0.15) is 11.3 Å². The van der Waals surface area contributed by atoms with Gasteiger partial charge in [0.05, 0.1) is 12.0 Å². The molecule has 1 N–H and O–H groups in total. The van der Waals surface area contributed by atoms with Crippen molar-refractivity contribution < 1.29 is 23.8 Å². The van der Waals surface area contributed by atoms with Crippen LogP contribution in [0.3, 0.4) is 0 Å². The average molecular weight is 360 g/mol. The molecule has 0 bridgehead atoms. The maximum atomic E-state index is 12.0. The predicted molar refractivity (Wildman–Crippen MR) is 93.8 cm³/mol. The Morgan fingerprint density at radius 3 is 2.58 bits per heavy atom. The van der Waals surface area contributed by atoms with Crippen LogP contribution in [0.1, 0.15) is 31.4 Å². The zero-order valence-electron chi connectivity index (χ0n) is 15.3. The van der Waals surface area contributed by atoms with Gasteiger partial charge in [-0.25, -0.2) is 4.79 Å². The van der Waals surface area contributed by atoms with Crippen LogP contribution < -0.4 is 20.8 Å². The molecular weight excluding hydrogens is 338 g/mol. The van der Waals surface area contributed by atoms with Crippen molar-refractivity contribution in [3.8, 4) is 5.75 Å². The monoisotopic (exact) mass is 360 g/mol. The minimum Gasteiger partial charge on any atom is -0.548 e. The molecule has 2 aromatic rings. The van der Waals surface area contributed by atoms with Crippen LogP contribution in [0.2, 0.25) is 0 Å². The molecule has 0 fully saturated rings. The number of aliphatic carboxylic acids is 1. The number of carboxylic acids is 1. The normalized spacial score (nSPS) is 13.2. The van der Waals surface area contributed by atoms with Crippen LogP contribution in [0.4, 0.5) is 0 Å². The van der Waals surface area contributed by atoms with Crippen LogP contribution in [-0.4, -0.2) is 24.5 Å². The molecule has 0 aliphatic carbocycles. The van der Waals surface area contributed by atoms with Crippen LogP contribution in [-0.2, 0) is 9.59 Å². The van der Waals surface area contributed by atoms with Crippen molar-refractivity contribution in [3.63, 3.8) is 0 Å². The molecule has 0 aliphatic rings. The molecule has 2 atom stereocenters. The SMILES string of the molecule is CC[C@@H](C)[C@H](NC(=O)COc1ccc2c(C)c(C)c(=O)oc2c1)C(=O)[O-]. The fraction of sp³-hybridized carbons (Fsp3) is 0.421. The zero-order valence-corrected chi connectivity index (χ0v) is 15.3. The quantitative estimate of drug-likeness (QED) is 0.740. The average Bonchev–Trinajstić information content (AvgIpc) is 2.61. The minimum absolute atomic E-state index is 0.259. The molecule has 0 aliphatic heterocycles. The number of carbonyl (C=O) groups is 2. The Hall–Kier alpha value is -2.83.